The Morgan fingerprint density at radius 1 is 0.417 bits per heavy atom. The van der Waals surface area contributed by atoms with Crippen molar-refractivity contribution in [2.75, 3.05) is 39.6 Å². The molecule has 21 aliphatic heterocycles. The molecule has 14 bridgehead atoms. The zero-order chi connectivity index (χ0) is 74.3. The summed E-state index contributed by atoms with van der Waals surface area (Å²) in [6, 6.07) is 6.88. The number of carboxylic acids is 1. The Morgan fingerprint density at radius 2 is 0.738 bits per heavy atom. The minimum Gasteiger partial charge on any atom is -0.485 e. The van der Waals surface area contributed by atoms with Crippen molar-refractivity contribution in [3.8, 4) is 17.2 Å². The molecule has 3 aromatic rings. The Morgan fingerprint density at radius 3 is 1.10 bits per heavy atom. The van der Waals surface area contributed by atoms with E-state index in [1.54, 1.807) is 24.3 Å². The maximum Gasteiger partial charge on any atom is 0.307 e. The number of aliphatic hydroxyl groups excluding tert-OH is 19. The van der Waals surface area contributed by atoms with Crippen LogP contribution in [0.5, 0.6) is 17.2 Å². The number of ether oxygens (including phenoxy) is 16. The highest BCUT2D eigenvalue weighted by molar-refractivity contribution is 14.1. The van der Waals surface area contributed by atoms with Crippen molar-refractivity contribution in [1.29, 1.82) is 0 Å². The van der Waals surface area contributed by atoms with Crippen LogP contribution in [-0.4, -0.2) is 372 Å². The second-order valence-corrected chi connectivity index (χ2v) is 30.0. The van der Waals surface area contributed by atoms with Crippen molar-refractivity contribution in [3.05, 3.63) is 56.0 Å². The maximum absolute atomic E-state index is 12.1. The SMILES string of the molecule is O=C(O)Cc1cc(I)c(Oc2cc(I)c(OCc3cn(CC4O[C@H]5O[C@H]6C(O)C[C@@H](OC6CO)O[C@@H]6C(CO)O[C@@H](O[C@@H]7C(CO)O[C@@H](O[C@H]8C(CO)O[C@@H](O[C@@H]9C(CO)O[C@@H](O[C@@H]%10C(CO)O[C@@H](O[C@H]4C(O)C5O)C(O)C%10O)C(O)C9O)C(O)C8O)C(O)C7O)C(O)C6O)nn3)c(I)c2)c(I)c1. The molecule has 0 spiro atoms. The van der Waals surface area contributed by atoms with Gasteiger partial charge in [-0.05, 0) is 120 Å². The summed E-state index contributed by atoms with van der Waals surface area (Å²) in [7, 11) is 0. The predicted octanol–water partition coefficient (Wildman–Crippen LogP) is -8.49. The largest absolute Gasteiger partial charge is 0.485 e. The van der Waals surface area contributed by atoms with Gasteiger partial charge in [0.15, 0.2) is 49.8 Å². The molecule has 20 N–H and O–H groups in total. The van der Waals surface area contributed by atoms with Gasteiger partial charge in [0, 0.05) is 6.42 Å². The van der Waals surface area contributed by atoms with Crippen LogP contribution in [0.1, 0.15) is 17.7 Å². The van der Waals surface area contributed by atoms with Crippen molar-refractivity contribution >= 4 is 96.3 Å². The van der Waals surface area contributed by atoms with Crippen molar-refractivity contribution in [2.45, 2.75) is 235 Å². The molecule has 44 heteroatoms. The highest BCUT2D eigenvalue weighted by atomic mass is 127. The van der Waals surface area contributed by atoms with E-state index in [-0.39, 0.29) is 18.7 Å². The van der Waals surface area contributed by atoms with E-state index < -0.39 is 267 Å². The molecule has 2 aromatic carbocycles. The normalized spacial score (nSPS) is 43.5. The summed E-state index contributed by atoms with van der Waals surface area (Å²) in [6.07, 6.45) is -65.9. The molecule has 0 radical (unpaired) electrons. The zero-order valence-electron chi connectivity index (χ0n) is 53.3. The van der Waals surface area contributed by atoms with Crippen LogP contribution in [0.2, 0.25) is 0 Å². The lowest BCUT2D eigenvalue weighted by Crippen LogP contribution is -2.68. The number of halogens is 4. The van der Waals surface area contributed by atoms with Gasteiger partial charge < -0.3 is 178 Å². The Balaban J connectivity index is 0.858. The molecule has 0 amide bonds. The van der Waals surface area contributed by atoms with Crippen molar-refractivity contribution in [3.63, 3.8) is 0 Å². The Hall–Kier alpha value is -1.75. The first kappa shape index (κ1) is 82.2. The monoisotopic (exact) mass is 1930 g/mol. The fourth-order valence-corrected chi connectivity index (χ4v) is 17.2. The summed E-state index contributed by atoms with van der Waals surface area (Å²) in [5.74, 6) is 0.403. The molecule has 21 fully saturated rings. The number of hydrogen-bond acceptors (Lipinski definition) is 38. The third-order valence-corrected chi connectivity index (χ3v) is 21.6. The van der Waals surface area contributed by atoms with Crippen LogP contribution < -0.4 is 9.47 Å². The van der Waals surface area contributed by atoms with Gasteiger partial charge >= 0.3 is 5.97 Å². The average Bonchev–Trinajstić information content (AvgIpc) is 1.44. The Labute approximate surface area is 637 Å². The molecule has 40 nitrogen and oxygen atoms in total. The van der Waals surface area contributed by atoms with E-state index in [2.05, 4.69) is 101 Å². The minimum atomic E-state index is -2.24. The second-order valence-electron chi connectivity index (χ2n) is 25.3. The van der Waals surface area contributed by atoms with Crippen molar-refractivity contribution in [1.82, 2.24) is 15.0 Å². The van der Waals surface area contributed by atoms with Crippen molar-refractivity contribution < 1.29 is 183 Å². The number of aromatic nitrogens is 3. The molecule has 103 heavy (non-hydrogen) atoms. The van der Waals surface area contributed by atoms with E-state index >= 15 is 0 Å². The average molecular weight is 1930 g/mol. The van der Waals surface area contributed by atoms with Crippen molar-refractivity contribution in [2.24, 2.45) is 0 Å². The van der Waals surface area contributed by atoms with Gasteiger partial charge in [-0.2, -0.15) is 0 Å². The molecule has 580 valence electrons. The summed E-state index contributed by atoms with van der Waals surface area (Å²) in [5.41, 5.74) is 0.814. The minimum absolute atomic E-state index is 0.171. The standard InChI is InChI=1S/C59H79I4N3O37/c60-19-1-16(3-31(74)75)2-20(61)46(19)89-18-4-21(62)45(22(63)5-18)88-15-17-7-66(65-64-17)8-24-48-33(76)39(82)54(91-24)98-47-23(73)6-32(90-25(47)9-67)97-49-26(10-68)92-56(40(83)34(49)77)100-51-28(12-70)94-58(42(85)36(51)79)102-53-30(14-72)96-59(44(87)38(53)81)103-52-29(13-71)95-57(43(86)37(52)80)101-50-27(11-69)93-55(99-48)41(84)35(50)78/h1-2,4-5,7,23-30,32-44,47-59,67-73,76-87H,3,6,8-15H2,(H,74,75)/t23?,24?,25?,26?,27?,28?,29?,30?,32-,33?,34?,35?,36?,37?,38?,39?,40?,41?,42?,43?,44?,47-,48+,49+,50+,51+,52+,53-,54-,55-,56-,57-,58-,59-/m0/s1. The van der Waals surface area contributed by atoms with E-state index in [0.717, 1.165) is 0 Å². The van der Waals surface area contributed by atoms with Gasteiger partial charge in [0.1, 0.15) is 183 Å². The van der Waals surface area contributed by atoms with Crippen LogP contribution in [0.15, 0.2) is 30.5 Å². The topological polar surface area (TPSA) is 600 Å². The number of aliphatic hydroxyl groups is 19. The molecule has 22 heterocycles. The Kier molecular flexibility index (Phi) is 28.5. The number of hydrogen-bond donors (Lipinski definition) is 20. The molecule has 21 saturated heterocycles. The smallest absolute Gasteiger partial charge is 0.307 e. The number of carboxylic acid groups (broad SMARTS) is 1. The van der Waals surface area contributed by atoms with Crippen LogP contribution in [0.25, 0.3) is 0 Å². The summed E-state index contributed by atoms with van der Waals surface area (Å²) in [6.45, 7) is -6.84. The molecule has 1 aromatic heterocycles. The van der Waals surface area contributed by atoms with E-state index in [4.69, 9.17) is 75.8 Å². The van der Waals surface area contributed by atoms with E-state index in [1.807, 2.05) is 0 Å². The van der Waals surface area contributed by atoms with Gasteiger partial charge in [-0.3, -0.25) is 4.79 Å². The predicted molar refractivity (Wildman–Crippen MR) is 359 cm³/mol. The second kappa shape index (κ2) is 35.7. The summed E-state index contributed by atoms with van der Waals surface area (Å²) in [4.78, 5) is 11.4. The van der Waals surface area contributed by atoms with Gasteiger partial charge in [0.2, 0.25) is 0 Å². The van der Waals surface area contributed by atoms with E-state index in [1.165, 1.54) is 10.9 Å². The fourth-order valence-electron chi connectivity index (χ4n) is 13.1. The number of nitrogens with zero attached hydrogens (tertiary/aromatic N) is 3. The number of benzene rings is 2. The van der Waals surface area contributed by atoms with Gasteiger partial charge in [-0.1, -0.05) is 5.21 Å². The number of aliphatic carboxylic acids is 1. The lowest BCUT2D eigenvalue weighted by atomic mass is 9.95. The molecule has 34 atom stereocenters. The third-order valence-electron chi connectivity index (χ3n) is 18.4. The fraction of sp³-hybridized carbons (Fsp3) is 0.746. The highest BCUT2D eigenvalue weighted by Crippen LogP contribution is 2.42. The van der Waals surface area contributed by atoms with Gasteiger partial charge in [-0.15, -0.1) is 5.10 Å². The molecule has 20 unspecified atom stereocenters. The molecule has 21 aliphatic rings. The van der Waals surface area contributed by atoms with E-state index in [0.29, 0.717) is 37.1 Å². The lowest BCUT2D eigenvalue weighted by Gasteiger charge is -2.50. The lowest BCUT2D eigenvalue weighted by molar-refractivity contribution is -0.396. The van der Waals surface area contributed by atoms with E-state index in [9.17, 15) is 107 Å². The first-order chi connectivity index (χ1) is 49.1. The quantitative estimate of drug-likeness (QED) is 0.0628. The summed E-state index contributed by atoms with van der Waals surface area (Å²) in [5, 5.41) is 232. The van der Waals surface area contributed by atoms with Crippen LogP contribution in [0.3, 0.4) is 0 Å². The maximum atomic E-state index is 12.1. The summed E-state index contributed by atoms with van der Waals surface area (Å²) >= 11 is 8.25. The Bertz CT molecular complexity index is 3240. The summed E-state index contributed by atoms with van der Waals surface area (Å²) < 4.78 is 99.0. The molecule has 0 aliphatic carbocycles. The molecular formula is C59H79I4N3O37. The van der Waals surface area contributed by atoms with Crippen LogP contribution in [0.4, 0.5) is 0 Å². The van der Waals surface area contributed by atoms with Crippen LogP contribution >= 0.6 is 90.4 Å². The zero-order valence-corrected chi connectivity index (χ0v) is 62.0. The first-order valence-corrected chi connectivity index (χ1v) is 36.5. The van der Waals surface area contributed by atoms with Gasteiger partial charge in [0.05, 0.1) is 79.2 Å². The number of carbonyl (C=O) groups is 1. The molecule has 0 saturated carbocycles. The third kappa shape index (κ3) is 17.9. The number of rotatable bonds is 15. The van der Waals surface area contributed by atoms with Gasteiger partial charge in [-0.25, -0.2) is 4.68 Å². The first-order valence-electron chi connectivity index (χ1n) is 32.1. The van der Waals surface area contributed by atoms with Crippen LogP contribution in [-0.2, 0) is 90.7 Å². The molecule has 24 rings (SSSR count). The highest BCUT2D eigenvalue weighted by Gasteiger charge is 2.59. The van der Waals surface area contributed by atoms with Crippen LogP contribution in [0, 0.1) is 14.3 Å². The molecular weight excluding hydrogens is 1850 g/mol. The van der Waals surface area contributed by atoms with Gasteiger partial charge in [0.25, 0.3) is 0 Å².